The number of benzene rings is 1. The summed E-state index contributed by atoms with van der Waals surface area (Å²) in [5, 5.41) is 5.05. The van der Waals surface area contributed by atoms with Gasteiger partial charge in [-0.25, -0.2) is 0 Å². The lowest BCUT2D eigenvalue weighted by Gasteiger charge is -2.18. The van der Waals surface area contributed by atoms with Gasteiger partial charge in [-0.15, -0.1) is 0 Å². The summed E-state index contributed by atoms with van der Waals surface area (Å²) in [4.78, 5) is 22.6. The predicted molar refractivity (Wildman–Crippen MR) is 71.3 cm³/mol. The summed E-state index contributed by atoms with van der Waals surface area (Å²) in [6.07, 6.45) is -4.38. The average molecular weight is 302 g/mol. The molecule has 0 spiro atoms. The molecule has 0 unspecified atom stereocenters. The van der Waals surface area contributed by atoms with E-state index in [9.17, 15) is 22.8 Å². The van der Waals surface area contributed by atoms with Gasteiger partial charge in [-0.2, -0.15) is 13.2 Å². The topological polar surface area (TPSA) is 58.2 Å². The van der Waals surface area contributed by atoms with Gasteiger partial charge >= 0.3 is 6.18 Å². The lowest BCUT2D eigenvalue weighted by Crippen LogP contribution is -2.44. The molecule has 1 aromatic rings. The molecule has 0 saturated heterocycles. The number of alkyl halides is 3. The molecule has 0 bridgehead atoms. The van der Waals surface area contributed by atoms with Crippen molar-refractivity contribution in [2.24, 2.45) is 0 Å². The molecule has 2 N–H and O–H groups in total. The Morgan fingerprint density at radius 1 is 1.05 bits per heavy atom. The summed E-state index contributed by atoms with van der Waals surface area (Å²) >= 11 is 0. The molecule has 0 saturated carbocycles. The Kier molecular flexibility index (Phi) is 5.34. The summed E-state index contributed by atoms with van der Waals surface area (Å²) in [5.74, 6) is -0.738. The van der Waals surface area contributed by atoms with Crippen molar-refractivity contribution in [1.29, 1.82) is 0 Å². The van der Waals surface area contributed by atoms with Gasteiger partial charge in [0.15, 0.2) is 0 Å². The predicted octanol–water partition coefficient (Wildman–Crippen LogP) is 2.41. The molecule has 0 radical (unpaired) electrons. The maximum atomic E-state index is 12.4. The van der Waals surface area contributed by atoms with Crippen LogP contribution in [0.2, 0.25) is 0 Å². The van der Waals surface area contributed by atoms with E-state index in [0.29, 0.717) is 5.56 Å². The molecular weight excluding hydrogens is 285 g/mol. The third kappa shape index (κ3) is 5.09. The van der Waals surface area contributed by atoms with E-state index >= 15 is 0 Å². The summed E-state index contributed by atoms with van der Waals surface area (Å²) < 4.78 is 37.3. The standard InChI is InChI=1S/C14H17F3N2O2/c1-8(19-13(21)9(2)18-10(3)20)11-4-6-12(7-5-11)14(15,16)17/h4-9H,1-3H3,(H,18,20)(H,19,21)/t8-,9-/m0/s1. The zero-order chi connectivity index (χ0) is 16.2. The summed E-state index contributed by atoms with van der Waals surface area (Å²) in [5.41, 5.74) is -0.192. The highest BCUT2D eigenvalue weighted by molar-refractivity contribution is 5.86. The highest BCUT2D eigenvalue weighted by Gasteiger charge is 2.30. The van der Waals surface area contributed by atoms with Crippen LogP contribution in [0.4, 0.5) is 13.2 Å². The molecule has 0 aliphatic rings. The van der Waals surface area contributed by atoms with Gasteiger partial charge in [-0.3, -0.25) is 9.59 Å². The van der Waals surface area contributed by atoms with Crippen LogP contribution in [0.25, 0.3) is 0 Å². The van der Waals surface area contributed by atoms with Crippen LogP contribution in [-0.4, -0.2) is 17.9 Å². The normalized spacial score (nSPS) is 14.2. The SMILES string of the molecule is CC(=O)N[C@@H](C)C(=O)N[C@@H](C)c1ccc(C(F)(F)F)cc1. The Labute approximate surface area is 120 Å². The molecule has 7 heteroatoms. The number of amides is 2. The molecule has 1 aromatic carbocycles. The van der Waals surface area contributed by atoms with Crippen LogP contribution in [0, 0.1) is 0 Å². The lowest BCUT2D eigenvalue weighted by atomic mass is 10.1. The van der Waals surface area contributed by atoms with Crippen LogP contribution in [0.3, 0.4) is 0 Å². The van der Waals surface area contributed by atoms with Gasteiger partial charge in [0.25, 0.3) is 0 Å². The molecule has 0 aliphatic carbocycles. The van der Waals surface area contributed by atoms with Crippen LogP contribution in [-0.2, 0) is 15.8 Å². The molecule has 0 heterocycles. The van der Waals surface area contributed by atoms with E-state index in [1.165, 1.54) is 26.0 Å². The molecule has 0 aromatic heterocycles. The molecule has 116 valence electrons. The van der Waals surface area contributed by atoms with E-state index in [1.54, 1.807) is 6.92 Å². The second kappa shape index (κ2) is 6.60. The first-order chi connectivity index (χ1) is 9.61. The van der Waals surface area contributed by atoms with E-state index < -0.39 is 29.7 Å². The maximum Gasteiger partial charge on any atom is 0.416 e. The van der Waals surface area contributed by atoms with Gasteiger partial charge in [-0.1, -0.05) is 12.1 Å². The highest BCUT2D eigenvalue weighted by Crippen LogP contribution is 2.29. The Morgan fingerprint density at radius 3 is 2.00 bits per heavy atom. The van der Waals surface area contributed by atoms with Gasteiger partial charge < -0.3 is 10.6 Å². The van der Waals surface area contributed by atoms with Crippen molar-refractivity contribution < 1.29 is 22.8 Å². The number of carbonyl (C=O) groups is 2. The van der Waals surface area contributed by atoms with Crippen LogP contribution in [0.1, 0.15) is 37.9 Å². The van der Waals surface area contributed by atoms with Crippen LogP contribution < -0.4 is 10.6 Å². The average Bonchev–Trinajstić information content (AvgIpc) is 2.36. The van der Waals surface area contributed by atoms with Crippen molar-refractivity contribution in [2.45, 2.75) is 39.0 Å². The van der Waals surface area contributed by atoms with E-state index in [4.69, 9.17) is 0 Å². The van der Waals surface area contributed by atoms with Gasteiger partial charge in [0.05, 0.1) is 11.6 Å². The zero-order valence-electron chi connectivity index (χ0n) is 11.9. The first-order valence-corrected chi connectivity index (χ1v) is 6.36. The number of halogens is 3. The van der Waals surface area contributed by atoms with E-state index in [0.717, 1.165) is 12.1 Å². The number of nitrogens with one attached hydrogen (secondary N) is 2. The highest BCUT2D eigenvalue weighted by atomic mass is 19.4. The van der Waals surface area contributed by atoms with E-state index in [1.807, 2.05) is 0 Å². The summed E-state index contributed by atoms with van der Waals surface area (Å²) in [7, 11) is 0. The van der Waals surface area contributed by atoms with Gasteiger partial charge in [0.2, 0.25) is 11.8 Å². The minimum atomic E-state index is -4.38. The van der Waals surface area contributed by atoms with Crippen LogP contribution in [0.5, 0.6) is 0 Å². The number of carbonyl (C=O) groups excluding carboxylic acids is 2. The first-order valence-electron chi connectivity index (χ1n) is 6.36. The number of hydrogen-bond donors (Lipinski definition) is 2. The molecule has 4 nitrogen and oxygen atoms in total. The van der Waals surface area contributed by atoms with Crippen LogP contribution >= 0.6 is 0 Å². The second-order valence-electron chi connectivity index (χ2n) is 4.77. The Bertz CT molecular complexity index is 512. The van der Waals surface area contributed by atoms with E-state index in [-0.39, 0.29) is 5.91 Å². The summed E-state index contributed by atoms with van der Waals surface area (Å²) in [6, 6.07) is 3.40. The summed E-state index contributed by atoms with van der Waals surface area (Å²) in [6.45, 7) is 4.47. The monoisotopic (exact) mass is 302 g/mol. The van der Waals surface area contributed by atoms with Crippen molar-refractivity contribution in [3.63, 3.8) is 0 Å². The zero-order valence-corrected chi connectivity index (χ0v) is 11.9. The van der Waals surface area contributed by atoms with Gasteiger partial charge in [-0.05, 0) is 31.5 Å². The Hall–Kier alpha value is -2.05. The van der Waals surface area contributed by atoms with Crippen molar-refractivity contribution in [1.82, 2.24) is 10.6 Å². The van der Waals surface area contributed by atoms with Gasteiger partial charge in [0.1, 0.15) is 6.04 Å². The molecule has 2 atom stereocenters. The maximum absolute atomic E-state index is 12.4. The quantitative estimate of drug-likeness (QED) is 0.897. The van der Waals surface area contributed by atoms with Crippen molar-refractivity contribution in [3.8, 4) is 0 Å². The van der Waals surface area contributed by atoms with Gasteiger partial charge in [0, 0.05) is 6.92 Å². The fraction of sp³-hybridized carbons (Fsp3) is 0.429. The molecule has 0 fully saturated rings. The Morgan fingerprint density at radius 2 is 1.57 bits per heavy atom. The smallest absolute Gasteiger partial charge is 0.348 e. The molecule has 2 amide bonds. The third-order valence-corrected chi connectivity index (χ3v) is 2.91. The number of hydrogen-bond acceptors (Lipinski definition) is 2. The Balaban J connectivity index is 2.69. The van der Waals surface area contributed by atoms with Crippen molar-refractivity contribution >= 4 is 11.8 Å². The minimum Gasteiger partial charge on any atom is -0.348 e. The first kappa shape index (κ1) is 17.0. The lowest BCUT2D eigenvalue weighted by molar-refractivity contribution is -0.137. The fourth-order valence-electron chi connectivity index (χ4n) is 1.75. The largest absolute Gasteiger partial charge is 0.416 e. The van der Waals surface area contributed by atoms with Crippen molar-refractivity contribution in [3.05, 3.63) is 35.4 Å². The molecule has 21 heavy (non-hydrogen) atoms. The number of rotatable bonds is 4. The molecular formula is C14H17F3N2O2. The minimum absolute atomic E-state index is 0.333. The van der Waals surface area contributed by atoms with Crippen LogP contribution in [0.15, 0.2) is 24.3 Å². The third-order valence-electron chi connectivity index (χ3n) is 2.91. The van der Waals surface area contributed by atoms with E-state index in [2.05, 4.69) is 10.6 Å². The molecule has 0 aliphatic heterocycles. The fourth-order valence-corrected chi connectivity index (χ4v) is 1.75. The van der Waals surface area contributed by atoms with Crippen molar-refractivity contribution in [2.75, 3.05) is 0 Å². The second-order valence-corrected chi connectivity index (χ2v) is 4.77. The molecule has 1 rings (SSSR count).